The Balaban J connectivity index is 1.72. The van der Waals surface area contributed by atoms with Crippen LogP contribution in [-0.2, 0) is 18.3 Å². The Morgan fingerprint density at radius 2 is 1.86 bits per heavy atom. The molecule has 2 aromatic carbocycles. The van der Waals surface area contributed by atoms with E-state index >= 15 is 0 Å². The fourth-order valence-electron chi connectivity index (χ4n) is 2.69. The number of rotatable bonds is 5. The van der Waals surface area contributed by atoms with E-state index in [2.05, 4.69) is 20.5 Å². The third kappa shape index (κ3) is 4.75. The van der Waals surface area contributed by atoms with Crippen molar-refractivity contribution in [1.29, 1.82) is 0 Å². The van der Waals surface area contributed by atoms with Gasteiger partial charge in [-0.2, -0.15) is 5.10 Å². The first-order chi connectivity index (χ1) is 13.9. The summed E-state index contributed by atoms with van der Waals surface area (Å²) < 4.78 is 33.2. The third-order valence-electron chi connectivity index (χ3n) is 4.10. The highest BCUT2D eigenvalue weighted by atomic mass is 19.1. The molecule has 1 heterocycles. The van der Waals surface area contributed by atoms with E-state index in [0.29, 0.717) is 5.69 Å². The van der Waals surface area contributed by atoms with Gasteiger partial charge in [0, 0.05) is 37.1 Å². The Labute approximate surface area is 165 Å². The van der Waals surface area contributed by atoms with Crippen molar-refractivity contribution in [3.63, 3.8) is 0 Å². The molecule has 0 unspecified atom stereocenters. The van der Waals surface area contributed by atoms with E-state index in [0.717, 1.165) is 17.7 Å². The molecule has 150 valence electrons. The number of hydrogen-bond donors (Lipinski definition) is 2. The number of aromatic nitrogens is 2. The van der Waals surface area contributed by atoms with Gasteiger partial charge in [0.15, 0.2) is 0 Å². The van der Waals surface area contributed by atoms with Gasteiger partial charge in [0.1, 0.15) is 17.3 Å². The van der Waals surface area contributed by atoms with Crippen molar-refractivity contribution in [2.45, 2.75) is 6.54 Å². The number of nitrogens with zero attached hydrogens (tertiary/aromatic N) is 2. The van der Waals surface area contributed by atoms with Gasteiger partial charge < -0.3 is 10.1 Å². The van der Waals surface area contributed by atoms with Crippen molar-refractivity contribution in [1.82, 2.24) is 15.1 Å². The standard InChI is InChI=1S/C20H18F2N4O3/c1-26-11-16(18(25-26)15-8-5-13(21)9-17(15)22)19(27)23-10-12-3-6-14(7-4-12)24-20(28)29-2/h3-9,11H,10H2,1-2H3,(H,23,27)(H,24,28). The Hall–Kier alpha value is -3.75. The topological polar surface area (TPSA) is 85.3 Å². The smallest absolute Gasteiger partial charge is 0.411 e. The van der Waals surface area contributed by atoms with Crippen molar-refractivity contribution >= 4 is 17.7 Å². The molecule has 0 saturated heterocycles. The lowest BCUT2D eigenvalue weighted by Gasteiger charge is -2.08. The number of halogens is 2. The molecule has 0 aliphatic carbocycles. The zero-order valence-electron chi connectivity index (χ0n) is 15.7. The molecule has 0 bridgehead atoms. The zero-order valence-corrected chi connectivity index (χ0v) is 15.7. The van der Waals surface area contributed by atoms with Crippen LogP contribution in [0.3, 0.4) is 0 Å². The van der Waals surface area contributed by atoms with Crippen molar-refractivity contribution in [3.8, 4) is 11.3 Å². The SMILES string of the molecule is COC(=O)Nc1ccc(CNC(=O)c2cn(C)nc2-c2ccc(F)cc2F)cc1. The fraction of sp³-hybridized carbons (Fsp3) is 0.150. The maximum atomic E-state index is 14.1. The minimum Gasteiger partial charge on any atom is -0.453 e. The first kappa shape index (κ1) is 20.0. The average molecular weight is 400 g/mol. The Bertz CT molecular complexity index is 1050. The molecule has 0 aliphatic heterocycles. The zero-order chi connectivity index (χ0) is 21.0. The lowest BCUT2D eigenvalue weighted by Crippen LogP contribution is -2.23. The molecule has 3 rings (SSSR count). The predicted octanol–water partition coefficient (Wildman–Crippen LogP) is 3.47. The molecule has 1 aromatic heterocycles. The summed E-state index contributed by atoms with van der Waals surface area (Å²) in [6.07, 6.45) is 0.889. The molecule has 9 heteroatoms. The van der Waals surface area contributed by atoms with Gasteiger partial charge in [0.25, 0.3) is 5.91 Å². The molecule has 0 atom stereocenters. The number of methoxy groups -OCH3 is 1. The molecule has 3 aromatic rings. The summed E-state index contributed by atoms with van der Waals surface area (Å²) in [4.78, 5) is 23.8. The predicted molar refractivity (Wildman–Crippen MR) is 102 cm³/mol. The van der Waals surface area contributed by atoms with Crippen LogP contribution in [-0.4, -0.2) is 28.9 Å². The van der Waals surface area contributed by atoms with E-state index in [4.69, 9.17) is 0 Å². The second-order valence-electron chi connectivity index (χ2n) is 6.19. The number of carbonyl (C=O) groups is 2. The Kier molecular flexibility index (Phi) is 5.87. The maximum Gasteiger partial charge on any atom is 0.411 e. The van der Waals surface area contributed by atoms with Crippen LogP contribution in [0, 0.1) is 11.6 Å². The molecule has 0 saturated carbocycles. The van der Waals surface area contributed by atoms with Gasteiger partial charge in [0.2, 0.25) is 0 Å². The normalized spacial score (nSPS) is 10.5. The van der Waals surface area contributed by atoms with Crippen LogP contribution >= 0.6 is 0 Å². The van der Waals surface area contributed by atoms with Gasteiger partial charge in [0.05, 0.1) is 12.7 Å². The summed E-state index contributed by atoms with van der Waals surface area (Å²) in [6, 6.07) is 9.90. The van der Waals surface area contributed by atoms with E-state index < -0.39 is 23.6 Å². The van der Waals surface area contributed by atoms with Gasteiger partial charge in [-0.25, -0.2) is 13.6 Å². The van der Waals surface area contributed by atoms with Gasteiger partial charge in [-0.3, -0.25) is 14.8 Å². The Morgan fingerprint density at radius 3 is 2.52 bits per heavy atom. The summed E-state index contributed by atoms with van der Waals surface area (Å²) in [5.41, 5.74) is 1.66. The number of benzene rings is 2. The molecule has 0 spiro atoms. The monoisotopic (exact) mass is 400 g/mol. The van der Waals surface area contributed by atoms with Crippen LogP contribution in [0.5, 0.6) is 0 Å². The van der Waals surface area contributed by atoms with Crippen molar-refractivity contribution in [3.05, 3.63) is 71.4 Å². The summed E-state index contributed by atoms with van der Waals surface area (Å²) in [5.74, 6) is -1.96. The van der Waals surface area contributed by atoms with Crippen LogP contribution in [0.1, 0.15) is 15.9 Å². The molecule has 7 nitrogen and oxygen atoms in total. The number of aryl methyl sites for hydroxylation is 1. The average Bonchev–Trinajstić information content (AvgIpc) is 3.08. The van der Waals surface area contributed by atoms with Crippen LogP contribution < -0.4 is 10.6 Å². The number of ether oxygens (including phenoxy) is 1. The summed E-state index contributed by atoms with van der Waals surface area (Å²) >= 11 is 0. The van der Waals surface area contributed by atoms with Crippen molar-refractivity contribution < 1.29 is 23.1 Å². The van der Waals surface area contributed by atoms with Gasteiger partial charge in [-0.1, -0.05) is 12.1 Å². The third-order valence-corrected chi connectivity index (χ3v) is 4.10. The largest absolute Gasteiger partial charge is 0.453 e. The highest BCUT2D eigenvalue weighted by molar-refractivity contribution is 5.99. The molecule has 2 N–H and O–H groups in total. The molecule has 2 amide bonds. The number of amides is 2. The highest BCUT2D eigenvalue weighted by Crippen LogP contribution is 2.25. The van der Waals surface area contributed by atoms with Crippen molar-refractivity contribution in [2.75, 3.05) is 12.4 Å². The molecule has 29 heavy (non-hydrogen) atoms. The number of hydrogen-bond acceptors (Lipinski definition) is 4. The van der Waals surface area contributed by atoms with Gasteiger partial charge in [-0.05, 0) is 29.8 Å². The number of carbonyl (C=O) groups excluding carboxylic acids is 2. The van der Waals surface area contributed by atoms with Gasteiger partial charge >= 0.3 is 6.09 Å². The molecule has 0 fully saturated rings. The first-order valence-electron chi connectivity index (χ1n) is 8.58. The number of nitrogens with one attached hydrogen (secondary N) is 2. The second kappa shape index (κ2) is 8.51. The Morgan fingerprint density at radius 1 is 1.14 bits per heavy atom. The molecule has 0 radical (unpaired) electrons. The van der Waals surface area contributed by atoms with E-state index in [1.165, 1.54) is 24.1 Å². The van der Waals surface area contributed by atoms with E-state index in [1.807, 2.05) is 0 Å². The van der Waals surface area contributed by atoms with E-state index in [1.54, 1.807) is 31.3 Å². The second-order valence-corrected chi connectivity index (χ2v) is 6.19. The van der Waals surface area contributed by atoms with Crippen LogP contribution in [0.25, 0.3) is 11.3 Å². The first-order valence-corrected chi connectivity index (χ1v) is 8.58. The quantitative estimate of drug-likeness (QED) is 0.687. The highest BCUT2D eigenvalue weighted by Gasteiger charge is 2.20. The minimum absolute atomic E-state index is 0.0374. The summed E-state index contributed by atoms with van der Waals surface area (Å²) in [6.45, 7) is 0.206. The fourth-order valence-corrected chi connectivity index (χ4v) is 2.69. The lowest BCUT2D eigenvalue weighted by atomic mass is 10.1. The molecular weight excluding hydrogens is 382 g/mol. The number of anilines is 1. The lowest BCUT2D eigenvalue weighted by molar-refractivity contribution is 0.0951. The van der Waals surface area contributed by atoms with Crippen LogP contribution in [0.15, 0.2) is 48.7 Å². The van der Waals surface area contributed by atoms with Crippen molar-refractivity contribution in [2.24, 2.45) is 7.05 Å². The maximum absolute atomic E-state index is 14.1. The van der Waals surface area contributed by atoms with E-state index in [-0.39, 0.29) is 23.4 Å². The summed E-state index contributed by atoms with van der Waals surface area (Å²) in [7, 11) is 2.87. The van der Waals surface area contributed by atoms with Crippen LogP contribution in [0.4, 0.5) is 19.3 Å². The minimum atomic E-state index is -0.800. The molecule has 0 aliphatic rings. The summed E-state index contributed by atoms with van der Waals surface area (Å²) in [5, 5.41) is 9.40. The molecular formula is C20H18F2N4O3. The van der Waals surface area contributed by atoms with E-state index in [9.17, 15) is 18.4 Å². The van der Waals surface area contributed by atoms with Gasteiger partial charge in [-0.15, -0.1) is 0 Å². The van der Waals surface area contributed by atoms with Crippen LogP contribution in [0.2, 0.25) is 0 Å².